The standard InChI is InChI=1S/C13H19BrN2O/c1-13(6-3-7-17-13)12(16-15)9-10-4-2-5-11(14)8-10/h2,4-5,8,12,16H,3,6-7,9,15H2,1H3. The van der Waals surface area contributed by atoms with Crippen LogP contribution in [0.1, 0.15) is 25.3 Å². The van der Waals surface area contributed by atoms with Crippen LogP contribution in [0, 0.1) is 0 Å². The molecule has 1 aliphatic rings. The van der Waals surface area contributed by atoms with Gasteiger partial charge in [-0.1, -0.05) is 28.1 Å². The number of nitrogens with two attached hydrogens (primary N) is 1. The number of rotatable bonds is 4. The third-order valence-electron chi connectivity index (χ3n) is 3.52. The van der Waals surface area contributed by atoms with Gasteiger partial charge in [-0.2, -0.15) is 0 Å². The summed E-state index contributed by atoms with van der Waals surface area (Å²) in [6, 6.07) is 8.47. The molecule has 1 aromatic carbocycles. The first-order valence-electron chi connectivity index (χ1n) is 5.98. The van der Waals surface area contributed by atoms with Crippen molar-refractivity contribution >= 4 is 15.9 Å². The number of hydrogen-bond acceptors (Lipinski definition) is 3. The lowest BCUT2D eigenvalue weighted by Crippen LogP contribution is -2.52. The van der Waals surface area contributed by atoms with Gasteiger partial charge in [0.1, 0.15) is 0 Å². The second-order valence-electron chi connectivity index (χ2n) is 4.82. The summed E-state index contributed by atoms with van der Waals surface area (Å²) in [5, 5.41) is 0. The molecule has 2 atom stereocenters. The van der Waals surface area contributed by atoms with E-state index in [1.807, 2.05) is 12.1 Å². The molecule has 2 unspecified atom stereocenters. The molecular formula is C13H19BrN2O. The van der Waals surface area contributed by atoms with Gasteiger partial charge in [0.2, 0.25) is 0 Å². The molecule has 0 aliphatic carbocycles. The molecule has 0 spiro atoms. The first kappa shape index (κ1) is 13.0. The molecule has 4 heteroatoms. The van der Waals surface area contributed by atoms with Crippen molar-refractivity contribution in [3.8, 4) is 0 Å². The fourth-order valence-corrected chi connectivity index (χ4v) is 2.87. The van der Waals surface area contributed by atoms with E-state index in [-0.39, 0.29) is 11.6 Å². The van der Waals surface area contributed by atoms with Crippen molar-refractivity contribution in [3.05, 3.63) is 34.3 Å². The molecule has 17 heavy (non-hydrogen) atoms. The quantitative estimate of drug-likeness (QED) is 0.663. The van der Waals surface area contributed by atoms with Gasteiger partial charge in [-0.15, -0.1) is 0 Å². The fourth-order valence-electron chi connectivity index (χ4n) is 2.43. The van der Waals surface area contributed by atoms with Crippen LogP contribution in [0.3, 0.4) is 0 Å². The first-order chi connectivity index (χ1) is 8.14. The third-order valence-corrected chi connectivity index (χ3v) is 4.01. The van der Waals surface area contributed by atoms with E-state index in [4.69, 9.17) is 10.6 Å². The van der Waals surface area contributed by atoms with E-state index in [2.05, 4.69) is 40.4 Å². The fraction of sp³-hybridized carbons (Fsp3) is 0.538. The van der Waals surface area contributed by atoms with Gasteiger partial charge in [-0.25, -0.2) is 0 Å². The monoisotopic (exact) mass is 298 g/mol. The van der Waals surface area contributed by atoms with E-state index >= 15 is 0 Å². The Bertz CT molecular complexity index is 377. The molecule has 1 heterocycles. The predicted molar refractivity (Wildman–Crippen MR) is 72.5 cm³/mol. The Kier molecular flexibility index (Phi) is 4.20. The summed E-state index contributed by atoms with van der Waals surface area (Å²) in [7, 11) is 0. The van der Waals surface area contributed by atoms with Crippen molar-refractivity contribution < 1.29 is 4.74 Å². The van der Waals surface area contributed by atoms with Crippen molar-refractivity contribution in [2.75, 3.05) is 6.61 Å². The molecule has 2 rings (SSSR count). The summed E-state index contributed by atoms with van der Waals surface area (Å²) in [5.41, 5.74) is 4.03. The SMILES string of the molecule is CC1(C(Cc2cccc(Br)c2)NN)CCCO1. The molecule has 94 valence electrons. The van der Waals surface area contributed by atoms with E-state index in [9.17, 15) is 0 Å². The molecule has 1 aliphatic heterocycles. The van der Waals surface area contributed by atoms with Gasteiger partial charge < -0.3 is 4.74 Å². The normalized spacial score (nSPS) is 26.1. The van der Waals surface area contributed by atoms with Crippen LogP contribution in [0.25, 0.3) is 0 Å². The second-order valence-corrected chi connectivity index (χ2v) is 5.73. The Morgan fingerprint density at radius 2 is 2.41 bits per heavy atom. The van der Waals surface area contributed by atoms with Crippen LogP contribution in [-0.4, -0.2) is 18.2 Å². The lowest BCUT2D eigenvalue weighted by Gasteiger charge is -2.33. The smallest absolute Gasteiger partial charge is 0.0824 e. The maximum absolute atomic E-state index is 5.84. The van der Waals surface area contributed by atoms with Crippen molar-refractivity contribution in [1.29, 1.82) is 0 Å². The van der Waals surface area contributed by atoms with Crippen molar-refractivity contribution in [2.45, 2.75) is 37.8 Å². The predicted octanol–water partition coefficient (Wildman–Crippen LogP) is 2.39. The van der Waals surface area contributed by atoms with Crippen LogP contribution in [0.15, 0.2) is 28.7 Å². The molecule has 1 saturated heterocycles. The molecule has 1 fully saturated rings. The molecule has 0 saturated carbocycles. The van der Waals surface area contributed by atoms with E-state index < -0.39 is 0 Å². The van der Waals surface area contributed by atoms with E-state index in [0.29, 0.717) is 0 Å². The van der Waals surface area contributed by atoms with E-state index in [1.165, 1.54) is 5.56 Å². The second kappa shape index (κ2) is 5.48. The topological polar surface area (TPSA) is 47.3 Å². The molecule has 1 aromatic rings. The van der Waals surface area contributed by atoms with Gasteiger partial charge in [0.05, 0.1) is 11.6 Å². The van der Waals surface area contributed by atoms with Gasteiger partial charge in [0.25, 0.3) is 0 Å². The number of ether oxygens (including phenoxy) is 1. The minimum absolute atomic E-state index is 0.142. The van der Waals surface area contributed by atoms with Gasteiger partial charge in [-0.3, -0.25) is 11.3 Å². The number of hydrogen-bond donors (Lipinski definition) is 2. The zero-order valence-corrected chi connectivity index (χ0v) is 11.7. The van der Waals surface area contributed by atoms with Crippen LogP contribution in [0.5, 0.6) is 0 Å². The summed E-state index contributed by atoms with van der Waals surface area (Å²) in [6.45, 7) is 2.98. The molecule has 0 aromatic heterocycles. The highest BCUT2D eigenvalue weighted by Crippen LogP contribution is 2.30. The van der Waals surface area contributed by atoms with Crippen molar-refractivity contribution in [1.82, 2.24) is 5.43 Å². The van der Waals surface area contributed by atoms with Crippen LogP contribution < -0.4 is 11.3 Å². The highest BCUT2D eigenvalue weighted by atomic mass is 79.9. The van der Waals surface area contributed by atoms with Crippen LogP contribution >= 0.6 is 15.9 Å². The molecule has 0 radical (unpaired) electrons. The summed E-state index contributed by atoms with van der Waals surface area (Å²) in [4.78, 5) is 0. The average Bonchev–Trinajstić information content (AvgIpc) is 2.74. The molecular weight excluding hydrogens is 280 g/mol. The third kappa shape index (κ3) is 3.07. The maximum atomic E-state index is 5.84. The van der Waals surface area contributed by atoms with Crippen LogP contribution in [-0.2, 0) is 11.2 Å². The zero-order chi connectivity index (χ0) is 12.3. The minimum atomic E-state index is -0.142. The van der Waals surface area contributed by atoms with Gasteiger partial charge >= 0.3 is 0 Å². The Labute approximate surface area is 111 Å². The molecule has 0 bridgehead atoms. The highest BCUT2D eigenvalue weighted by Gasteiger charge is 2.37. The average molecular weight is 299 g/mol. The van der Waals surface area contributed by atoms with Gasteiger partial charge in [-0.05, 0) is 43.9 Å². The van der Waals surface area contributed by atoms with Crippen LogP contribution in [0.4, 0.5) is 0 Å². The zero-order valence-electron chi connectivity index (χ0n) is 10.1. The summed E-state index contributed by atoms with van der Waals surface area (Å²) < 4.78 is 6.94. The molecule has 0 amide bonds. The Balaban J connectivity index is 2.09. The number of nitrogens with one attached hydrogen (secondary N) is 1. The summed E-state index contributed by atoms with van der Waals surface area (Å²) >= 11 is 3.49. The largest absolute Gasteiger partial charge is 0.374 e. The summed E-state index contributed by atoms with van der Waals surface area (Å²) in [5.74, 6) is 5.68. The van der Waals surface area contributed by atoms with Gasteiger partial charge in [0, 0.05) is 11.1 Å². The minimum Gasteiger partial charge on any atom is -0.374 e. The lowest BCUT2D eigenvalue weighted by atomic mass is 9.89. The maximum Gasteiger partial charge on any atom is 0.0824 e. The Morgan fingerprint density at radius 1 is 1.59 bits per heavy atom. The number of benzene rings is 1. The first-order valence-corrected chi connectivity index (χ1v) is 6.78. The Hall–Kier alpha value is -0.420. The highest BCUT2D eigenvalue weighted by molar-refractivity contribution is 9.10. The van der Waals surface area contributed by atoms with E-state index in [0.717, 1.165) is 30.3 Å². The van der Waals surface area contributed by atoms with Crippen molar-refractivity contribution in [3.63, 3.8) is 0 Å². The van der Waals surface area contributed by atoms with Gasteiger partial charge in [0.15, 0.2) is 0 Å². The molecule has 3 N–H and O–H groups in total. The van der Waals surface area contributed by atoms with Crippen molar-refractivity contribution in [2.24, 2.45) is 5.84 Å². The van der Waals surface area contributed by atoms with Crippen LogP contribution in [0.2, 0.25) is 0 Å². The number of hydrazine groups is 1. The summed E-state index contributed by atoms with van der Waals surface area (Å²) in [6.07, 6.45) is 3.06. The van der Waals surface area contributed by atoms with E-state index in [1.54, 1.807) is 0 Å². The lowest BCUT2D eigenvalue weighted by molar-refractivity contribution is -0.0115. The molecule has 3 nitrogen and oxygen atoms in total. The number of halogens is 1. The Morgan fingerprint density at radius 3 is 3.00 bits per heavy atom.